The molecule has 0 bridgehead atoms. The lowest BCUT2D eigenvalue weighted by Gasteiger charge is -2.30. The molecule has 2 fully saturated rings. The summed E-state index contributed by atoms with van der Waals surface area (Å²) in [5.41, 5.74) is 0. The van der Waals surface area contributed by atoms with Crippen molar-refractivity contribution in [2.45, 2.75) is 77.3 Å². The van der Waals surface area contributed by atoms with Crippen molar-refractivity contribution in [1.29, 1.82) is 0 Å². The summed E-state index contributed by atoms with van der Waals surface area (Å²) in [6.45, 7) is 6.14. The first kappa shape index (κ1) is 18.2. The molecule has 1 aliphatic heterocycles. The molecule has 0 radical (unpaired) electrons. The summed E-state index contributed by atoms with van der Waals surface area (Å²) < 4.78 is 0. The monoisotopic (exact) mass is 323 g/mol. The van der Waals surface area contributed by atoms with Gasteiger partial charge in [-0.1, -0.05) is 6.42 Å². The number of piperidine rings is 1. The van der Waals surface area contributed by atoms with Crippen LogP contribution in [0.2, 0.25) is 0 Å². The van der Waals surface area contributed by atoms with E-state index < -0.39 is 0 Å². The highest BCUT2D eigenvalue weighted by molar-refractivity contribution is 5.79. The maximum atomic E-state index is 12.2. The summed E-state index contributed by atoms with van der Waals surface area (Å²) in [5, 5.41) is 9.52. The molecule has 3 N–H and O–H groups in total. The number of amides is 2. The second kappa shape index (κ2) is 9.26. The Hall–Kier alpha value is -1.10. The van der Waals surface area contributed by atoms with Gasteiger partial charge in [0, 0.05) is 24.4 Å². The molecule has 23 heavy (non-hydrogen) atoms. The van der Waals surface area contributed by atoms with Gasteiger partial charge in [0.2, 0.25) is 11.8 Å². The molecule has 2 amide bonds. The van der Waals surface area contributed by atoms with Gasteiger partial charge in [0.1, 0.15) is 0 Å². The van der Waals surface area contributed by atoms with Crippen molar-refractivity contribution in [2.75, 3.05) is 13.1 Å². The Bertz CT molecular complexity index is 392. The topological polar surface area (TPSA) is 70.2 Å². The van der Waals surface area contributed by atoms with Gasteiger partial charge in [-0.25, -0.2) is 0 Å². The third kappa shape index (κ3) is 6.50. The van der Waals surface area contributed by atoms with E-state index in [1.165, 1.54) is 12.8 Å². The van der Waals surface area contributed by atoms with Crippen LogP contribution < -0.4 is 16.0 Å². The number of carbonyl (C=O) groups is 2. The van der Waals surface area contributed by atoms with Crippen molar-refractivity contribution in [3.63, 3.8) is 0 Å². The molecule has 1 heterocycles. The lowest BCUT2D eigenvalue weighted by Crippen LogP contribution is -2.43. The van der Waals surface area contributed by atoms with Crippen molar-refractivity contribution in [1.82, 2.24) is 16.0 Å². The molecule has 0 aromatic rings. The molecular weight excluding hydrogens is 290 g/mol. The minimum atomic E-state index is 0.0564. The smallest absolute Gasteiger partial charge is 0.223 e. The van der Waals surface area contributed by atoms with Crippen molar-refractivity contribution < 1.29 is 9.59 Å². The van der Waals surface area contributed by atoms with Gasteiger partial charge in [-0.2, -0.15) is 0 Å². The highest BCUT2D eigenvalue weighted by atomic mass is 16.2. The van der Waals surface area contributed by atoms with Crippen LogP contribution in [0, 0.1) is 11.8 Å². The van der Waals surface area contributed by atoms with Crippen molar-refractivity contribution in [3.8, 4) is 0 Å². The van der Waals surface area contributed by atoms with Gasteiger partial charge in [0.25, 0.3) is 0 Å². The summed E-state index contributed by atoms with van der Waals surface area (Å²) >= 11 is 0. The largest absolute Gasteiger partial charge is 0.354 e. The van der Waals surface area contributed by atoms with Gasteiger partial charge in [-0.15, -0.1) is 0 Å². The average Bonchev–Trinajstić information content (AvgIpc) is 2.53. The SMILES string of the molecule is CC(C)NC(=O)C1CCCC(NC(=O)CCC2CCNCC2)C1. The predicted molar refractivity (Wildman–Crippen MR) is 92.0 cm³/mol. The molecule has 2 aliphatic rings. The quantitative estimate of drug-likeness (QED) is 0.700. The second-order valence-corrected chi connectivity index (χ2v) is 7.52. The molecule has 0 aromatic carbocycles. The fourth-order valence-corrected chi connectivity index (χ4v) is 3.77. The molecule has 2 rings (SSSR count). The van der Waals surface area contributed by atoms with Crippen molar-refractivity contribution >= 4 is 11.8 Å². The maximum absolute atomic E-state index is 12.2. The van der Waals surface area contributed by atoms with E-state index in [1.54, 1.807) is 0 Å². The number of carbonyl (C=O) groups excluding carboxylic acids is 2. The minimum Gasteiger partial charge on any atom is -0.354 e. The van der Waals surface area contributed by atoms with E-state index in [9.17, 15) is 9.59 Å². The minimum absolute atomic E-state index is 0.0564. The Kier molecular flexibility index (Phi) is 7.34. The van der Waals surface area contributed by atoms with Crippen LogP contribution in [0.25, 0.3) is 0 Å². The van der Waals surface area contributed by atoms with Crippen LogP contribution >= 0.6 is 0 Å². The maximum Gasteiger partial charge on any atom is 0.223 e. The Morgan fingerprint density at radius 3 is 2.57 bits per heavy atom. The number of rotatable bonds is 6. The van der Waals surface area contributed by atoms with E-state index in [0.717, 1.165) is 45.2 Å². The molecule has 2 unspecified atom stereocenters. The lowest BCUT2D eigenvalue weighted by molar-refractivity contribution is -0.128. The van der Waals surface area contributed by atoms with E-state index in [0.29, 0.717) is 12.3 Å². The van der Waals surface area contributed by atoms with E-state index in [1.807, 2.05) is 13.8 Å². The Labute approximate surface area is 140 Å². The highest BCUT2D eigenvalue weighted by Crippen LogP contribution is 2.25. The van der Waals surface area contributed by atoms with Gasteiger partial charge in [0.05, 0.1) is 0 Å². The van der Waals surface area contributed by atoms with Gasteiger partial charge >= 0.3 is 0 Å². The molecule has 2 atom stereocenters. The van der Waals surface area contributed by atoms with Gasteiger partial charge in [-0.05, 0) is 71.4 Å². The summed E-state index contributed by atoms with van der Waals surface area (Å²) in [4.78, 5) is 24.3. The summed E-state index contributed by atoms with van der Waals surface area (Å²) in [6, 6.07) is 0.356. The Morgan fingerprint density at radius 2 is 1.87 bits per heavy atom. The van der Waals surface area contributed by atoms with Crippen molar-refractivity contribution in [3.05, 3.63) is 0 Å². The Morgan fingerprint density at radius 1 is 1.13 bits per heavy atom. The molecule has 0 spiro atoms. The third-order valence-corrected chi connectivity index (χ3v) is 5.08. The van der Waals surface area contributed by atoms with Crippen LogP contribution in [0.4, 0.5) is 0 Å². The Balaban J connectivity index is 1.69. The normalized spacial score (nSPS) is 26.0. The van der Waals surface area contributed by atoms with Gasteiger partial charge in [0.15, 0.2) is 0 Å². The van der Waals surface area contributed by atoms with E-state index in [2.05, 4.69) is 16.0 Å². The first-order valence-electron chi connectivity index (χ1n) is 9.35. The van der Waals surface area contributed by atoms with Crippen LogP contribution in [-0.4, -0.2) is 37.0 Å². The zero-order valence-electron chi connectivity index (χ0n) is 14.7. The highest BCUT2D eigenvalue weighted by Gasteiger charge is 2.28. The molecular formula is C18H33N3O2. The lowest BCUT2D eigenvalue weighted by atomic mass is 9.84. The van der Waals surface area contributed by atoms with Crippen LogP contribution in [0.3, 0.4) is 0 Å². The van der Waals surface area contributed by atoms with Crippen molar-refractivity contribution in [2.24, 2.45) is 11.8 Å². The standard InChI is InChI=1S/C18H33N3O2/c1-13(2)20-18(23)15-4-3-5-16(12-15)21-17(22)7-6-14-8-10-19-11-9-14/h13-16,19H,3-12H2,1-2H3,(H,20,23)(H,21,22). The summed E-state index contributed by atoms with van der Waals surface area (Å²) in [7, 11) is 0. The number of hydrogen-bond donors (Lipinski definition) is 3. The molecule has 5 heteroatoms. The molecule has 0 aromatic heterocycles. The van der Waals surface area contributed by atoms with Gasteiger partial charge < -0.3 is 16.0 Å². The number of hydrogen-bond acceptors (Lipinski definition) is 3. The molecule has 1 saturated carbocycles. The molecule has 5 nitrogen and oxygen atoms in total. The molecule has 1 aliphatic carbocycles. The molecule has 1 saturated heterocycles. The summed E-state index contributed by atoms with van der Waals surface area (Å²) in [6.07, 6.45) is 7.77. The first-order chi connectivity index (χ1) is 11.0. The van der Waals surface area contributed by atoms with Crippen LogP contribution in [-0.2, 0) is 9.59 Å². The van der Waals surface area contributed by atoms with Gasteiger partial charge in [-0.3, -0.25) is 9.59 Å². The van der Waals surface area contributed by atoms with Crippen LogP contribution in [0.15, 0.2) is 0 Å². The third-order valence-electron chi connectivity index (χ3n) is 5.08. The van der Waals surface area contributed by atoms with E-state index in [4.69, 9.17) is 0 Å². The first-order valence-corrected chi connectivity index (χ1v) is 9.35. The fourth-order valence-electron chi connectivity index (χ4n) is 3.77. The van der Waals surface area contributed by atoms with Crippen LogP contribution in [0.5, 0.6) is 0 Å². The fraction of sp³-hybridized carbons (Fsp3) is 0.889. The van der Waals surface area contributed by atoms with Crippen LogP contribution in [0.1, 0.15) is 65.2 Å². The average molecular weight is 323 g/mol. The van der Waals surface area contributed by atoms with E-state index in [-0.39, 0.29) is 29.8 Å². The number of nitrogens with one attached hydrogen (secondary N) is 3. The predicted octanol–water partition coefficient (Wildman–Crippen LogP) is 1.97. The molecule has 132 valence electrons. The van der Waals surface area contributed by atoms with E-state index >= 15 is 0 Å². The second-order valence-electron chi connectivity index (χ2n) is 7.52. The zero-order valence-corrected chi connectivity index (χ0v) is 14.7. The zero-order chi connectivity index (χ0) is 16.7. The summed E-state index contributed by atoms with van der Waals surface area (Å²) in [5.74, 6) is 1.06.